The topological polar surface area (TPSA) is 75.3 Å². The quantitative estimate of drug-likeness (QED) is 0.743. The van der Waals surface area contributed by atoms with Crippen LogP contribution < -0.4 is 11.1 Å². The number of nitrogen functional groups attached to an aromatic ring is 1. The van der Waals surface area contributed by atoms with Gasteiger partial charge in [0.05, 0.1) is 5.56 Å². The smallest absolute Gasteiger partial charge is 0.259 e. The summed E-state index contributed by atoms with van der Waals surface area (Å²) < 4.78 is 0.721. The summed E-state index contributed by atoms with van der Waals surface area (Å²) in [6, 6.07) is 9.95. The zero-order valence-electron chi connectivity index (χ0n) is 10.3. The highest BCUT2D eigenvalue weighted by Crippen LogP contribution is 2.24. The highest BCUT2D eigenvalue weighted by Gasteiger charge is 2.12. The lowest BCUT2D eigenvalue weighted by Crippen LogP contribution is -2.12. The second-order valence-electron chi connectivity index (χ2n) is 4.19. The number of benzene rings is 2. The molecule has 0 unspecified atom stereocenters. The van der Waals surface area contributed by atoms with Gasteiger partial charge < -0.3 is 16.2 Å². The number of amides is 1. The Bertz CT molecular complexity index is 641. The summed E-state index contributed by atoms with van der Waals surface area (Å²) in [5.41, 5.74) is 8.13. The first-order valence-electron chi connectivity index (χ1n) is 5.63. The predicted octanol–water partition coefficient (Wildman–Crippen LogP) is 3.30. The first-order chi connectivity index (χ1) is 8.97. The number of nitrogens with one attached hydrogen (secondary N) is 1. The summed E-state index contributed by atoms with van der Waals surface area (Å²) in [7, 11) is 0. The van der Waals surface area contributed by atoms with E-state index in [9.17, 15) is 9.90 Å². The van der Waals surface area contributed by atoms with Crippen molar-refractivity contribution in [2.75, 3.05) is 11.1 Å². The van der Waals surface area contributed by atoms with Crippen LogP contribution in [0.15, 0.2) is 40.9 Å². The van der Waals surface area contributed by atoms with Gasteiger partial charge in [0.1, 0.15) is 5.75 Å². The molecule has 5 heteroatoms. The molecule has 0 saturated heterocycles. The molecule has 0 aromatic heterocycles. The van der Waals surface area contributed by atoms with Crippen LogP contribution in [0.5, 0.6) is 5.75 Å². The average molecular weight is 321 g/mol. The van der Waals surface area contributed by atoms with Crippen molar-refractivity contribution in [3.8, 4) is 5.75 Å². The van der Waals surface area contributed by atoms with Crippen LogP contribution in [0, 0.1) is 6.92 Å². The first kappa shape index (κ1) is 13.4. The molecule has 0 aliphatic carbocycles. The van der Waals surface area contributed by atoms with E-state index in [0.717, 1.165) is 10.0 Å². The zero-order valence-corrected chi connectivity index (χ0v) is 11.9. The average Bonchev–Trinajstić information content (AvgIpc) is 2.36. The minimum absolute atomic E-state index is 0.0687. The molecule has 4 nitrogen and oxygen atoms in total. The molecule has 0 radical (unpaired) electrons. The normalized spacial score (nSPS) is 10.2. The number of aryl methyl sites for hydroxylation is 1. The highest BCUT2D eigenvalue weighted by atomic mass is 79.9. The highest BCUT2D eigenvalue weighted by molar-refractivity contribution is 9.10. The van der Waals surface area contributed by atoms with Crippen molar-refractivity contribution < 1.29 is 9.90 Å². The van der Waals surface area contributed by atoms with Crippen LogP contribution in [-0.2, 0) is 0 Å². The number of rotatable bonds is 2. The Morgan fingerprint density at radius 1 is 1.26 bits per heavy atom. The number of carbonyl (C=O) groups excluding carboxylic acids is 1. The third-order valence-electron chi connectivity index (χ3n) is 2.74. The second-order valence-corrected chi connectivity index (χ2v) is 5.10. The van der Waals surface area contributed by atoms with E-state index < -0.39 is 0 Å². The largest absolute Gasteiger partial charge is 0.507 e. The van der Waals surface area contributed by atoms with Crippen molar-refractivity contribution in [1.29, 1.82) is 0 Å². The van der Waals surface area contributed by atoms with Gasteiger partial charge >= 0.3 is 0 Å². The molecule has 98 valence electrons. The molecule has 0 spiro atoms. The summed E-state index contributed by atoms with van der Waals surface area (Å²) in [5, 5.41) is 12.4. The van der Waals surface area contributed by atoms with Gasteiger partial charge in [-0.25, -0.2) is 0 Å². The van der Waals surface area contributed by atoms with Crippen LogP contribution in [0.3, 0.4) is 0 Å². The van der Waals surface area contributed by atoms with Crippen molar-refractivity contribution in [2.24, 2.45) is 0 Å². The van der Waals surface area contributed by atoms with Gasteiger partial charge in [0.25, 0.3) is 5.91 Å². The Morgan fingerprint density at radius 2 is 2.00 bits per heavy atom. The number of halogens is 1. The molecule has 0 aliphatic heterocycles. The SMILES string of the molecule is Cc1ccc(NC(=O)c2cc(Br)ccc2O)cc1N. The molecule has 0 fully saturated rings. The van der Waals surface area contributed by atoms with Crippen molar-refractivity contribution in [3.63, 3.8) is 0 Å². The monoisotopic (exact) mass is 320 g/mol. The fraction of sp³-hybridized carbons (Fsp3) is 0.0714. The molecule has 2 rings (SSSR count). The zero-order chi connectivity index (χ0) is 14.0. The molecular formula is C14H13BrN2O2. The van der Waals surface area contributed by atoms with E-state index >= 15 is 0 Å². The number of aromatic hydroxyl groups is 1. The Morgan fingerprint density at radius 3 is 2.68 bits per heavy atom. The molecule has 19 heavy (non-hydrogen) atoms. The summed E-state index contributed by atoms with van der Waals surface area (Å²) in [4.78, 5) is 12.1. The first-order valence-corrected chi connectivity index (χ1v) is 6.42. The predicted molar refractivity (Wildman–Crippen MR) is 79.4 cm³/mol. The van der Waals surface area contributed by atoms with Gasteiger partial charge in [0, 0.05) is 15.8 Å². The van der Waals surface area contributed by atoms with Crippen LogP contribution in [0.25, 0.3) is 0 Å². The maximum absolute atomic E-state index is 12.1. The summed E-state index contributed by atoms with van der Waals surface area (Å²) in [5.74, 6) is -0.456. The number of anilines is 2. The van der Waals surface area contributed by atoms with Gasteiger partial charge in [-0.05, 0) is 42.8 Å². The van der Waals surface area contributed by atoms with E-state index in [2.05, 4.69) is 21.2 Å². The van der Waals surface area contributed by atoms with Crippen molar-refractivity contribution >= 4 is 33.2 Å². The molecule has 2 aromatic carbocycles. The lowest BCUT2D eigenvalue weighted by molar-refractivity contribution is 0.102. The van der Waals surface area contributed by atoms with Crippen LogP contribution in [0.2, 0.25) is 0 Å². The fourth-order valence-electron chi connectivity index (χ4n) is 1.61. The van der Waals surface area contributed by atoms with Gasteiger partial charge in [0.2, 0.25) is 0 Å². The van der Waals surface area contributed by atoms with Crippen LogP contribution in [0.1, 0.15) is 15.9 Å². The van der Waals surface area contributed by atoms with Crippen LogP contribution >= 0.6 is 15.9 Å². The fourth-order valence-corrected chi connectivity index (χ4v) is 1.97. The number of carbonyl (C=O) groups is 1. The van der Waals surface area contributed by atoms with Crippen LogP contribution in [0.4, 0.5) is 11.4 Å². The van der Waals surface area contributed by atoms with E-state index in [1.54, 1.807) is 24.3 Å². The summed E-state index contributed by atoms with van der Waals surface area (Å²) in [6.07, 6.45) is 0. The van der Waals surface area contributed by atoms with Gasteiger partial charge in [-0.2, -0.15) is 0 Å². The van der Waals surface area contributed by atoms with E-state index in [1.165, 1.54) is 6.07 Å². The third kappa shape index (κ3) is 3.06. The number of phenolic OH excluding ortho intramolecular Hbond substituents is 1. The second kappa shape index (κ2) is 5.32. The van der Waals surface area contributed by atoms with E-state index in [0.29, 0.717) is 11.4 Å². The molecule has 0 heterocycles. The maximum Gasteiger partial charge on any atom is 0.259 e. The molecule has 4 N–H and O–H groups in total. The van der Waals surface area contributed by atoms with Gasteiger partial charge in [-0.1, -0.05) is 22.0 Å². The van der Waals surface area contributed by atoms with Crippen molar-refractivity contribution in [2.45, 2.75) is 6.92 Å². The molecule has 0 saturated carbocycles. The van der Waals surface area contributed by atoms with Gasteiger partial charge in [0.15, 0.2) is 0 Å². The molecular weight excluding hydrogens is 308 g/mol. The Balaban J connectivity index is 2.25. The number of phenols is 1. The Labute approximate surface area is 119 Å². The summed E-state index contributed by atoms with van der Waals surface area (Å²) in [6.45, 7) is 1.89. The minimum Gasteiger partial charge on any atom is -0.507 e. The van der Waals surface area contributed by atoms with Crippen molar-refractivity contribution in [1.82, 2.24) is 0 Å². The van der Waals surface area contributed by atoms with Crippen molar-refractivity contribution in [3.05, 3.63) is 52.0 Å². The molecule has 2 aromatic rings. The van der Waals surface area contributed by atoms with E-state index in [-0.39, 0.29) is 17.2 Å². The molecule has 0 atom stereocenters. The Kier molecular flexibility index (Phi) is 3.76. The maximum atomic E-state index is 12.1. The van der Waals surface area contributed by atoms with Crippen LogP contribution in [-0.4, -0.2) is 11.0 Å². The molecule has 1 amide bonds. The lowest BCUT2D eigenvalue weighted by atomic mass is 10.1. The Hall–Kier alpha value is -2.01. The van der Waals surface area contributed by atoms with Gasteiger partial charge in [-0.15, -0.1) is 0 Å². The van der Waals surface area contributed by atoms with E-state index in [4.69, 9.17) is 5.73 Å². The number of nitrogens with two attached hydrogens (primary N) is 1. The molecule has 0 bridgehead atoms. The number of hydrogen-bond acceptors (Lipinski definition) is 3. The third-order valence-corrected chi connectivity index (χ3v) is 3.23. The molecule has 0 aliphatic rings. The summed E-state index contributed by atoms with van der Waals surface area (Å²) >= 11 is 3.26. The van der Waals surface area contributed by atoms with Gasteiger partial charge in [-0.3, -0.25) is 4.79 Å². The lowest BCUT2D eigenvalue weighted by Gasteiger charge is -2.09. The van der Waals surface area contributed by atoms with E-state index in [1.807, 2.05) is 13.0 Å². The standard InChI is InChI=1S/C14H13BrN2O2/c1-8-2-4-10(7-12(8)16)17-14(19)11-6-9(15)3-5-13(11)18/h2-7,18H,16H2,1H3,(H,17,19). The minimum atomic E-state index is -0.387. The number of hydrogen-bond donors (Lipinski definition) is 3.